The molecule has 32 heavy (non-hydrogen) atoms. The Bertz CT molecular complexity index is 1280. The van der Waals surface area contributed by atoms with E-state index in [0.717, 1.165) is 43.0 Å². The third-order valence-corrected chi connectivity index (χ3v) is 7.80. The highest BCUT2D eigenvalue weighted by Crippen LogP contribution is 2.38. The van der Waals surface area contributed by atoms with E-state index in [1.165, 1.54) is 29.8 Å². The van der Waals surface area contributed by atoms with E-state index in [4.69, 9.17) is 37.5 Å². The number of fused-ring (bicyclic) bond motifs is 2. The van der Waals surface area contributed by atoms with Gasteiger partial charge in [-0.3, -0.25) is 14.4 Å². The fourth-order valence-electron chi connectivity index (χ4n) is 2.80. The number of ether oxygens (including phenoxy) is 2. The maximum Gasteiger partial charge on any atom is 0.288 e. The fourth-order valence-corrected chi connectivity index (χ4v) is 5.63. The molecule has 0 bridgehead atoms. The summed E-state index contributed by atoms with van der Waals surface area (Å²) < 4.78 is 12.1. The Labute approximate surface area is 202 Å². The molecule has 2 heterocycles. The van der Waals surface area contributed by atoms with Gasteiger partial charge in [0.1, 0.15) is 16.4 Å². The van der Waals surface area contributed by atoms with Gasteiger partial charge in [-0.15, -0.1) is 22.7 Å². The number of benzene rings is 2. The summed E-state index contributed by atoms with van der Waals surface area (Å²) in [5.41, 5.74) is 0. The molecular formula is C22H19Cl2NO5S2. The SMILES string of the molecule is COc1ccc2c(Cl)c(C(=O)N(C)OC)sc2c1.COc1ccc2c(Cl)c(C=O)sc2c1. The van der Waals surface area contributed by atoms with Crippen LogP contribution in [-0.4, -0.2) is 45.6 Å². The Hall–Kier alpha value is -2.36. The molecule has 0 spiro atoms. The molecule has 2 aromatic carbocycles. The highest BCUT2D eigenvalue weighted by molar-refractivity contribution is 7.22. The van der Waals surface area contributed by atoms with Crippen molar-refractivity contribution < 1.29 is 23.9 Å². The van der Waals surface area contributed by atoms with Crippen molar-refractivity contribution >= 4 is 78.2 Å². The van der Waals surface area contributed by atoms with Gasteiger partial charge in [0, 0.05) is 27.2 Å². The highest BCUT2D eigenvalue weighted by Gasteiger charge is 2.20. The van der Waals surface area contributed by atoms with Crippen LogP contribution in [0.25, 0.3) is 20.2 Å². The monoisotopic (exact) mass is 511 g/mol. The number of halogens is 2. The summed E-state index contributed by atoms with van der Waals surface area (Å²) in [5.74, 6) is 1.25. The van der Waals surface area contributed by atoms with Crippen LogP contribution in [0.4, 0.5) is 0 Å². The summed E-state index contributed by atoms with van der Waals surface area (Å²) in [6.07, 6.45) is 0.777. The predicted molar refractivity (Wildman–Crippen MR) is 131 cm³/mol. The fraction of sp³-hybridized carbons (Fsp3) is 0.182. The zero-order valence-corrected chi connectivity index (χ0v) is 20.7. The molecule has 0 atom stereocenters. The van der Waals surface area contributed by atoms with Gasteiger partial charge in [0.05, 0.1) is 36.3 Å². The Kier molecular flexibility index (Phi) is 7.97. The minimum absolute atomic E-state index is 0.261. The van der Waals surface area contributed by atoms with Crippen LogP contribution < -0.4 is 9.47 Å². The summed E-state index contributed by atoms with van der Waals surface area (Å²) in [5, 5.41) is 3.87. The van der Waals surface area contributed by atoms with Crippen LogP contribution in [0.15, 0.2) is 36.4 Å². The average molecular weight is 512 g/mol. The van der Waals surface area contributed by atoms with E-state index >= 15 is 0 Å². The number of methoxy groups -OCH3 is 2. The second-order valence-corrected chi connectivity index (χ2v) is 9.24. The smallest absolute Gasteiger partial charge is 0.288 e. The number of rotatable bonds is 5. The van der Waals surface area contributed by atoms with Crippen LogP contribution in [0, 0.1) is 0 Å². The molecule has 4 aromatic rings. The van der Waals surface area contributed by atoms with Crippen LogP contribution in [0.1, 0.15) is 19.3 Å². The zero-order chi connectivity index (χ0) is 23.4. The first kappa shape index (κ1) is 24.3. The maximum atomic E-state index is 12.0. The molecule has 168 valence electrons. The van der Waals surface area contributed by atoms with Gasteiger partial charge in [-0.25, -0.2) is 5.06 Å². The average Bonchev–Trinajstić information content (AvgIpc) is 3.33. The van der Waals surface area contributed by atoms with Crippen molar-refractivity contribution in [1.82, 2.24) is 5.06 Å². The Morgan fingerprint density at radius 2 is 1.44 bits per heavy atom. The molecule has 0 radical (unpaired) electrons. The molecule has 2 aromatic heterocycles. The molecule has 0 saturated heterocycles. The first-order valence-electron chi connectivity index (χ1n) is 9.14. The minimum Gasteiger partial charge on any atom is -0.497 e. The number of carbonyl (C=O) groups is 2. The van der Waals surface area contributed by atoms with Gasteiger partial charge in [0.2, 0.25) is 0 Å². The molecule has 0 aliphatic heterocycles. The molecular weight excluding hydrogens is 493 g/mol. The van der Waals surface area contributed by atoms with Crippen molar-refractivity contribution in [2.45, 2.75) is 0 Å². The summed E-state index contributed by atoms with van der Waals surface area (Å²) in [4.78, 5) is 28.6. The van der Waals surface area contributed by atoms with Crippen molar-refractivity contribution in [1.29, 1.82) is 0 Å². The summed E-state index contributed by atoms with van der Waals surface area (Å²) in [6.45, 7) is 0. The Morgan fingerprint density at radius 3 is 1.94 bits per heavy atom. The van der Waals surface area contributed by atoms with Crippen LogP contribution in [0.3, 0.4) is 0 Å². The van der Waals surface area contributed by atoms with Crippen molar-refractivity contribution in [2.24, 2.45) is 0 Å². The Morgan fingerprint density at radius 1 is 0.906 bits per heavy atom. The topological polar surface area (TPSA) is 65.1 Å². The second kappa shape index (κ2) is 10.5. The molecule has 4 rings (SSSR count). The van der Waals surface area contributed by atoms with E-state index in [0.29, 0.717) is 19.8 Å². The standard InChI is InChI=1S/C12H12ClNO3S.C10H7ClO2S/c1-14(17-3)12(15)11-10(13)8-5-4-7(16-2)6-9(8)18-11;1-13-6-2-3-7-8(4-6)14-9(5-12)10(7)11/h4-6H,1-3H3;2-5H,1H3. The minimum atomic E-state index is -0.261. The lowest BCUT2D eigenvalue weighted by Gasteiger charge is -2.12. The second-order valence-electron chi connectivity index (χ2n) is 6.35. The molecule has 0 unspecified atom stereocenters. The quantitative estimate of drug-likeness (QED) is 0.224. The normalized spacial score (nSPS) is 10.6. The number of hydrogen-bond acceptors (Lipinski definition) is 7. The van der Waals surface area contributed by atoms with E-state index in [1.807, 2.05) is 36.4 Å². The van der Waals surface area contributed by atoms with Crippen molar-refractivity contribution in [2.75, 3.05) is 28.4 Å². The van der Waals surface area contributed by atoms with Gasteiger partial charge in [-0.05, 0) is 36.4 Å². The summed E-state index contributed by atoms with van der Waals surface area (Å²) >= 11 is 14.9. The number of aldehydes is 1. The van der Waals surface area contributed by atoms with Gasteiger partial charge in [-0.1, -0.05) is 23.2 Å². The Balaban J connectivity index is 0.000000186. The highest BCUT2D eigenvalue weighted by atomic mass is 35.5. The molecule has 0 aliphatic rings. The lowest BCUT2D eigenvalue weighted by atomic mass is 10.2. The summed E-state index contributed by atoms with van der Waals surface area (Å²) in [6, 6.07) is 11.1. The van der Waals surface area contributed by atoms with Crippen LogP contribution in [-0.2, 0) is 4.84 Å². The predicted octanol–water partition coefficient (Wildman–Crippen LogP) is 6.57. The number of hydrogen-bond donors (Lipinski definition) is 0. The van der Waals surface area contributed by atoms with Gasteiger partial charge >= 0.3 is 0 Å². The molecule has 0 aliphatic carbocycles. The molecule has 10 heteroatoms. The molecule has 0 N–H and O–H groups in total. The van der Waals surface area contributed by atoms with Crippen LogP contribution >= 0.6 is 45.9 Å². The number of nitrogens with zero attached hydrogens (tertiary/aromatic N) is 1. The van der Waals surface area contributed by atoms with Gasteiger partial charge < -0.3 is 9.47 Å². The maximum absolute atomic E-state index is 12.0. The van der Waals surface area contributed by atoms with E-state index in [2.05, 4.69) is 0 Å². The first-order valence-corrected chi connectivity index (χ1v) is 11.5. The molecule has 6 nitrogen and oxygen atoms in total. The lowest BCUT2D eigenvalue weighted by Crippen LogP contribution is -2.24. The largest absolute Gasteiger partial charge is 0.497 e. The van der Waals surface area contributed by atoms with Crippen molar-refractivity contribution in [3.05, 3.63) is 56.2 Å². The van der Waals surface area contributed by atoms with Crippen molar-refractivity contribution in [3.8, 4) is 11.5 Å². The zero-order valence-electron chi connectivity index (χ0n) is 17.6. The van der Waals surface area contributed by atoms with E-state index in [9.17, 15) is 9.59 Å². The summed E-state index contributed by atoms with van der Waals surface area (Å²) in [7, 11) is 6.18. The number of carbonyl (C=O) groups excluding carboxylic acids is 2. The number of thiophene rings is 2. The molecule has 0 fully saturated rings. The van der Waals surface area contributed by atoms with Gasteiger partial charge in [-0.2, -0.15) is 0 Å². The van der Waals surface area contributed by atoms with E-state index < -0.39 is 0 Å². The third kappa shape index (κ3) is 4.84. The third-order valence-electron chi connectivity index (χ3n) is 4.56. The van der Waals surface area contributed by atoms with E-state index in [1.54, 1.807) is 21.3 Å². The van der Waals surface area contributed by atoms with Gasteiger partial charge in [0.25, 0.3) is 5.91 Å². The van der Waals surface area contributed by atoms with Crippen LogP contribution in [0.2, 0.25) is 10.0 Å². The number of amides is 1. The van der Waals surface area contributed by atoms with Crippen molar-refractivity contribution in [3.63, 3.8) is 0 Å². The molecule has 0 saturated carbocycles. The van der Waals surface area contributed by atoms with Gasteiger partial charge in [0.15, 0.2) is 6.29 Å². The number of hydroxylamine groups is 2. The molecule has 1 amide bonds. The lowest BCUT2D eigenvalue weighted by molar-refractivity contribution is -0.0753. The van der Waals surface area contributed by atoms with Crippen LogP contribution in [0.5, 0.6) is 11.5 Å². The first-order chi connectivity index (χ1) is 15.3. The van der Waals surface area contributed by atoms with E-state index in [-0.39, 0.29) is 5.91 Å².